The van der Waals surface area contributed by atoms with E-state index in [4.69, 9.17) is 42.6 Å². The van der Waals surface area contributed by atoms with Gasteiger partial charge in [-0.05, 0) is 6.92 Å². The van der Waals surface area contributed by atoms with Gasteiger partial charge >= 0.3 is 5.97 Å². The SMILES string of the molecule is CC(=O)N[C@H]1[C@@H](O[C@H]2[C@@H](O)[C@@H](CO)O[C@@H](O[C@H]3[C@@H](O)[C@@H](CO[C@]4(C(=O)O)C[C@H](O)[C@@H](NC(=O)CO)[C@H]([C@H](O)[C@H](O)CO)O4)OC(O)[C@@H]3NC(C)=O)[C@@H]2O[C@@H]2O[C@@H](C)[C@@H](O)[C@@H](O)[C@@H]2O)O[C@H](CO)[C@H](O)[C@@H]1O. The van der Waals surface area contributed by atoms with Gasteiger partial charge in [-0.25, -0.2) is 4.79 Å². The quantitative estimate of drug-likeness (QED) is 0.0571. The van der Waals surface area contributed by atoms with E-state index in [-0.39, 0.29) is 0 Å². The lowest BCUT2D eigenvalue weighted by Gasteiger charge is -2.51. The third-order valence-electron chi connectivity index (χ3n) is 12.6. The molecule has 26 atom stereocenters. The first-order valence-electron chi connectivity index (χ1n) is 22.2. The Morgan fingerprint density at radius 1 is 0.620 bits per heavy atom. The molecular weight excluding hydrogens is 974 g/mol. The van der Waals surface area contributed by atoms with Crippen LogP contribution in [-0.2, 0) is 61.8 Å². The van der Waals surface area contributed by atoms with Crippen LogP contribution in [0.15, 0.2) is 0 Å². The molecular formula is C39H65N3O29. The molecule has 5 aliphatic heterocycles. The van der Waals surface area contributed by atoms with Crippen molar-refractivity contribution in [1.82, 2.24) is 16.0 Å². The monoisotopic (exact) mass is 1040 g/mol. The topological polar surface area (TPSA) is 511 Å². The van der Waals surface area contributed by atoms with Gasteiger partial charge < -0.3 is 140 Å². The van der Waals surface area contributed by atoms with Crippen molar-refractivity contribution < 1.29 is 144 Å². The van der Waals surface area contributed by atoms with Crippen molar-refractivity contribution >= 4 is 23.7 Å². The molecule has 1 unspecified atom stereocenters. The second kappa shape index (κ2) is 25.0. The zero-order valence-electron chi connectivity index (χ0n) is 38.1. The Balaban J connectivity index is 1.53. The summed E-state index contributed by atoms with van der Waals surface area (Å²) in [7, 11) is 0. The third-order valence-corrected chi connectivity index (χ3v) is 12.6. The highest BCUT2D eigenvalue weighted by atomic mass is 16.8. The van der Waals surface area contributed by atoms with Crippen LogP contribution < -0.4 is 16.0 Å². The minimum absolute atomic E-state index is 0.806. The van der Waals surface area contributed by atoms with Crippen molar-refractivity contribution in [2.45, 2.75) is 186 Å². The predicted molar refractivity (Wildman–Crippen MR) is 219 cm³/mol. The molecule has 32 nitrogen and oxygen atoms in total. The maximum atomic E-state index is 12.9. The molecule has 3 amide bonds. The molecule has 0 spiro atoms. The highest BCUT2D eigenvalue weighted by Gasteiger charge is 2.59. The summed E-state index contributed by atoms with van der Waals surface area (Å²) in [5.41, 5.74) is 0. The Morgan fingerprint density at radius 2 is 1.18 bits per heavy atom. The van der Waals surface area contributed by atoms with E-state index in [1.807, 2.05) is 0 Å². The Kier molecular flexibility index (Phi) is 20.7. The molecule has 410 valence electrons. The van der Waals surface area contributed by atoms with Gasteiger partial charge in [0.1, 0.15) is 116 Å². The molecule has 71 heavy (non-hydrogen) atoms. The minimum atomic E-state index is -3.06. The first kappa shape index (κ1) is 58.8. The lowest BCUT2D eigenvalue weighted by Crippen LogP contribution is -2.71. The number of carboxylic acid groups (broad SMARTS) is 1. The van der Waals surface area contributed by atoms with Gasteiger partial charge in [-0.15, -0.1) is 0 Å². The average Bonchev–Trinajstić information content (AvgIpc) is 3.32. The highest BCUT2D eigenvalue weighted by molar-refractivity contribution is 5.78. The number of aliphatic hydroxyl groups excluding tert-OH is 15. The molecule has 5 saturated heterocycles. The Labute approximate surface area is 402 Å². The first-order chi connectivity index (χ1) is 33.3. The highest BCUT2D eigenvalue weighted by Crippen LogP contribution is 2.38. The van der Waals surface area contributed by atoms with Gasteiger partial charge in [0, 0.05) is 20.3 Å². The summed E-state index contributed by atoms with van der Waals surface area (Å²) in [4.78, 5) is 49.8. The van der Waals surface area contributed by atoms with Gasteiger partial charge in [-0.3, -0.25) is 14.4 Å². The van der Waals surface area contributed by atoms with Gasteiger partial charge in [0.25, 0.3) is 5.79 Å². The Hall–Kier alpha value is -3.08. The fourth-order valence-corrected chi connectivity index (χ4v) is 8.74. The maximum Gasteiger partial charge on any atom is 0.364 e. The minimum Gasteiger partial charge on any atom is -0.477 e. The number of hydrogen-bond donors (Lipinski definition) is 19. The van der Waals surface area contributed by atoms with E-state index >= 15 is 0 Å². The third kappa shape index (κ3) is 13.1. The summed E-state index contributed by atoms with van der Waals surface area (Å²) < 4.78 is 52.2. The number of ether oxygens (including phenoxy) is 9. The summed E-state index contributed by atoms with van der Waals surface area (Å²) in [5.74, 6) is -7.92. The average molecular weight is 1040 g/mol. The molecule has 0 aromatic heterocycles. The molecule has 0 bridgehead atoms. The van der Waals surface area contributed by atoms with E-state index in [1.165, 1.54) is 6.92 Å². The number of amides is 3. The van der Waals surface area contributed by atoms with Crippen LogP contribution in [-0.4, -0.2) is 297 Å². The van der Waals surface area contributed by atoms with E-state index < -0.39 is 222 Å². The molecule has 0 saturated carbocycles. The number of carbonyl (C=O) groups excluding carboxylic acids is 3. The molecule has 5 fully saturated rings. The zero-order chi connectivity index (χ0) is 53.0. The molecule has 0 radical (unpaired) electrons. The smallest absolute Gasteiger partial charge is 0.364 e. The van der Waals surface area contributed by atoms with E-state index in [0.29, 0.717) is 0 Å². The van der Waals surface area contributed by atoms with Crippen LogP contribution in [0.5, 0.6) is 0 Å². The molecule has 5 rings (SSSR count). The van der Waals surface area contributed by atoms with Crippen LogP contribution >= 0.6 is 0 Å². The van der Waals surface area contributed by atoms with Crippen LogP contribution in [0.2, 0.25) is 0 Å². The van der Waals surface area contributed by atoms with Crippen LogP contribution in [0.25, 0.3) is 0 Å². The molecule has 0 aromatic rings. The standard InChI is InChI=1S/C39H65N3O29/c1-10-22(52)28(58)29(59)36(64-10)70-33-32(69-35-20(40-11(2)47)27(57)24(54)15(6-44)66-35)25(55)16(7-45)67-37(33)68-30-21(41-12(3)48)34(60)65-17(26(30)56)9-63-39(38(61)62)4-13(49)19(42-18(51)8-46)31(71-39)23(53)14(50)5-43/h10,13-17,19-37,43-46,49-50,52-60H,4-9H2,1-3H3,(H,40,47)(H,41,48)(H,42,51)(H,61,62)/t10-,13-,14+,15+,16+,17+,19+,20+,21+,22+,23+,24-,25-,26-,27+,28+,29-,30+,31+,32-,33+,34?,35+,36-,37-,39+/m0/s1. The summed E-state index contributed by atoms with van der Waals surface area (Å²) in [6.45, 7) is -2.22. The number of nitrogens with one attached hydrogen (secondary N) is 3. The first-order valence-corrected chi connectivity index (χ1v) is 22.2. The van der Waals surface area contributed by atoms with Gasteiger partial charge in [-0.2, -0.15) is 0 Å². The number of hydrogen-bond acceptors (Lipinski definition) is 28. The zero-order valence-corrected chi connectivity index (χ0v) is 38.1. The molecule has 19 N–H and O–H groups in total. The molecule has 5 heterocycles. The fourth-order valence-electron chi connectivity index (χ4n) is 8.74. The van der Waals surface area contributed by atoms with Crippen molar-refractivity contribution in [2.75, 3.05) is 33.0 Å². The van der Waals surface area contributed by atoms with E-state index in [9.17, 15) is 101 Å². The van der Waals surface area contributed by atoms with Crippen molar-refractivity contribution in [1.29, 1.82) is 0 Å². The molecule has 32 heteroatoms. The Morgan fingerprint density at radius 3 is 1.76 bits per heavy atom. The van der Waals surface area contributed by atoms with E-state index in [2.05, 4.69) is 16.0 Å². The second-order valence-electron chi connectivity index (χ2n) is 17.6. The van der Waals surface area contributed by atoms with Gasteiger partial charge in [0.15, 0.2) is 25.2 Å². The lowest BCUT2D eigenvalue weighted by atomic mass is 9.88. The van der Waals surface area contributed by atoms with Crippen molar-refractivity contribution in [3.63, 3.8) is 0 Å². The molecule has 0 aromatic carbocycles. The van der Waals surface area contributed by atoms with Crippen molar-refractivity contribution in [3.8, 4) is 0 Å². The van der Waals surface area contributed by atoms with Crippen LogP contribution in [0.4, 0.5) is 0 Å². The number of aliphatic carboxylic acids is 1. The van der Waals surface area contributed by atoms with Crippen LogP contribution in [0.3, 0.4) is 0 Å². The van der Waals surface area contributed by atoms with Crippen LogP contribution in [0, 0.1) is 0 Å². The van der Waals surface area contributed by atoms with Crippen molar-refractivity contribution in [3.05, 3.63) is 0 Å². The normalized spacial score (nSPS) is 45.0. The number of aliphatic hydroxyl groups is 15. The Bertz CT molecular complexity index is 1780. The molecule has 0 aliphatic carbocycles. The van der Waals surface area contributed by atoms with E-state index in [0.717, 1.165) is 13.8 Å². The number of carboxylic acids is 1. The van der Waals surface area contributed by atoms with Gasteiger partial charge in [0.05, 0.1) is 44.7 Å². The number of carbonyl (C=O) groups is 4. The maximum absolute atomic E-state index is 12.9. The fraction of sp³-hybridized carbons (Fsp3) is 0.897. The van der Waals surface area contributed by atoms with Gasteiger partial charge in [-0.1, -0.05) is 0 Å². The summed E-state index contributed by atoms with van der Waals surface area (Å²) in [5, 5.41) is 177. The summed E-state index contributed by atoms with van der Waals surface area (Å²) in [6, 6.07) is -5.29. The largest absolute Gasteiger partial charge is 0.477 e. The van der Waals surface area contributed by atoms with E-state index in [1.54, 1.807) is 0 Å². The van der Waals surface area contributed by atoms with Crippen LogP contribution in [0.1, 0.15) is 27.2 Å². The van der Waals surface area contributed by atoms with Crippen molar-refractivity contribution in [2.24, 2.45) is 0 Å². The second-order valence-corrected chi connectivity index (χ2v) is 17.6. The van der Waals surface area contributed by atoms with Gasteiger partial charge in [0.2, 0.25) is 17.7 Å². The lowest BCUT2D eigenvalue weighted by molar-refractivity contribution is -0.397. The summed E-state index contributed by atoms with van der Waals surface area (Å²) >= 11 is 0. The molecule has 5 aliphatic rings. The predicted octanol–water partition coefficient (Wildman–Crippen LogP) is -12.3. The number of rotatable bonds is 19. The summed E-state index contributed by atoms with van der Waals surface area (Å²) in [6.07, 6.45) is -44.6.